The lowest BCUT2D eigenvalue weighted by molar-refractivity contribution is -0.122. The van der Waals surface area contributed by atoms with E-state index in [4.69, 9.17) is 0 Å². The summed E-state index contributed by atoms with van der Waals surface area (Å²) in [5.41, 5.74) is 0. The van der Waals surface area contributed by atoms with Gasteiger partial charge in [-0.05, 0) is 0 Å². The van der Waals surface area contributed by atoms with E-state index in [9.17, 15) is 4.79 Å². The Morgan fingerprint density at radius 3 is 3.29 bits per heavy atom. The van der Waals surface area contributed by atoms with E-state index in [-0.39, 0.29) is 11.9 Å². The largest absolute Gasteiger partial charge is 0.354 e. The summed E-state index contributed by atoms with van der Waals surface area (Å²) in [6.45, 7) is 1.51. The van der Waals surface area contributed by atoms with Gasteiger partial charge in [0.25, 0.3) is 0 Å². The molecule has 2 N–H and O–H groups in total. The Morgan fingerprint density at radius 1 is 1.76 bits per heavy atom. The van der Waals surface area contributed by atoms with Crippen LogP contribution in [0.1, 0.15) is 5.82 Å². The van der Waals surface area contributed by atoms with Gasteiger partial charge in [-0.25, -0.2) is 0 Å². The van der Waals surface area contributed by atoms with Gasteiger partial charge in [-0.3, -0.25) is 4.79 Å². The average molecular weight is 255 g/mol. The number of carbonyl (C=O) groups excluding carboxylic acids is 1. The molecule has 1 unspecified atom stereocenters. The monoisotopic (exact) mass is 255 g/mol. The number of carbonyl (C=O) groups is 1. The second kappa shape index (κ2) is 6.02. The molecule has 1 aromatic rings. The first-order valence-corrected chi connectivity index (χ1v) is 6.84. The van der Waals surface area contributed by atoms with Gasteiger partial charge in [0.05, 0.1) is 6.04 Å². The van der Waals surface area contributed by atoms with Crippen LogP contribution >= 0.6 is 11.8 Å². The van der Waals surface area contributed by atoms with E-state index < -0.39 is 0 Å². The summed E-state index contributed by atoms with van der Waals surface area (Å²) in [6.07, 6.45) is 2.37. The minimum atomic E-state index is -0.0479. The molecule has 1 atom stereocenters. The molecule has 2 rings (SSSR count). The summed E-state index contributed by atoms with van der Waals surface area (Å²) >= 11 is 1.82. The molecule has 0 bridgehead atoms. The molecular weight excluding hydrogens is 238 g/mol. The van der Waals surface area contributed by atoms with Crippen LogP contribution in [-0.4, -0.2) is 51.3 Å². The molecule has 7 heteroatoms. The summed E-state index contributed by atoms with van der Waals surface area (Å²) in [4.78, 5) is 11.8. The van der Waals surface area contributed by atoms with E-state index in [1.54, 1.807) is 6.33 Å². The zero-order chi connectivity index (χ0) is 12.1. The summed E-state index contributed by atoms with van der Waals surface area (Å²) in [7, 11) is 1.90. The molecule has 1 fully saturated rings. The predicted molar refractivity (Wildman–Crippen MR) is 66.8 cm³/mol. The van der Waals surface area contributed by atoms with Gasteiger partial charge in [0.2, 0.25) is 5.91 Å². The van der Waals surface area contributed by atoms with E-state index >= 15 is 0 Å². The van der Waals surface area contributed by atoms with Crippen LogP contribution in [0.5, 0.6) is 0 Å². The first-order valence-electron chi connectivity index (χ1n) is 5.69. The molecular formula is C10H17N5OS. The van der Waals surface area contributed by atoms with Gasteiger partial charge in [-0.1, -0.05) is 0 Å². The van der Waals surface area contributed by atoms with Crippen molar-refractivity contribution in [2.45, 2.75) is 12.5 Å². The molecule has 1 saturated heterocycles. The lowest BCUT2D eigenvalue weighted by Gasteiger charge is -2.22. The van der Waals surface area contributed by atoms with Gasteiger partial charge < -0.3 is 15.2 Å². The molecule has 0 aliphatic carbocycles. The summed E-state index contributed by atoms with van der Waals surface area (Å²) in [6, 6.07) is -0.0479. The third kappa shape index (κ3) is 3.44. The van der Waals surface area contributed by atoms with Gasteiger partial charge in [0, 0.05) is 38.1 Å². The second-order valence-electron chi connectivity index (χ2n) is 3.98. The number of nitrogens with one attached hydrogen (secondary N) is 2. The fourth-order valence-electron chi connectivity index (χ4n) is 1.69. The van der Waals surface area contributed by atoms with Crippen molar-refractivity contribution in [2.24, 2.45) is 7.05 Å². The van der Waals surface area contributed by atoms with Crippen molar-refractivity contribution < 1.29 is 4.79 Å². The maximum Gasteiger partial charge on any atom is 0.238 e. The Labute approximate surface area is 105 Å². The van der Waals surface area contributed by atoms with Gasteiger partial charge in [-0.15, -0.1) is 10.2 Å². The van der Waals surface area contributed by atoms with Crippen LogP contribution in [0.15, 0.2) is 6.33 Å². The lowest BCUT2D eigenvalue weighted by Crippen LogP contribution is -2.49. The van der Waals surface area contributed by atoms with Crippen LogP contribution in [0.2, 0.25) is 0 Å². The Hall–Kier alpha value is -1.08. The molecule has 1 aliphatic heterocycles. The van der Waals surface area contributed by atoms with Gasteiger partial charge in [0.1, 0.15) is 12.2 Å². The molecule has 6 nitrogen and oxygen atoms in total. The van der Waals surface area contributed by atoms with E-state index in [2.05, 4.69) is 20.8 Å². The van der Waals surface area contributed by atoms with E-state index in [0.29, 0.717) is 13.0 Å². The Kier molecular flexibility index (Phi) is 4.38. The van der Waals surface area contributed by atoms with Gasteiger partial charge in [-0.2, -0.15) is 11.8 Å². The molecule has 2 heterocycles. The van der Waals surface area contributed by atoms with Crippen molar-refractivity contribution in [1.29, 1.82) is 0 Å². The third-order valence-electron chi connectivity index (χ3n) is 2.69. The maximum absolute atomic E-state index is 11.8. The van der Waals surface area contributed by atoms with Crippen molar-refractivity contribution in [1.82, 2.24) is 25.4 Å². The molecule has 0 aromatic carbocycles. The normalized spacial score (nSPS) is 20.2. The highest BCUT2D eigenvalue weighted by Gasteiger charge is 2.20. The van der Waals surface area contributed by atoms with Crippen LogP contribution in [0.3, 0.4) is 0 Å². The zero-order valence-corrected chi connectivity index (χ0v) is 10.7. The quantitative estimate of drug-likeness (QED) is 0.735. The van der Waals surface area contributed by atoms with Crippen molar-refractivity contribution in [2.75, 3.05) is 24.6 Å². The van der Waals surface area contributed by atoms with Crippen molar-refractivity contribution >= 4 is 17.7 Å². The molecule has 1 amide bonds. The minimum Gasteiger partial charge on any atom is -0.354 e. The fraction of sp³-hybridized carbons (Fsp3) is 0.700. The average Bonchev–Trinajstić information content (AvgIpc) is 2.76. The summed E-state index contributed by atoms with van der Waals surface area (Å²) in [5.74, 6) is 2.91. The zero-order valence-electron chi connectivity index (χ0n) is 9.85. The van der Waals surface area contributed by atoms with Crippen LogP contribution in [0.25, 0.3) is 0 Å². The maximum atomic E-state index is 11.8. The first kappa shape index (κ1) is 12.4. The van der Waals surface area contributed by atoms with Gasteiger partial charge in [0.15, 0.2) is 0 Å². The SMILES string of the molecule is Cn1cnnc1CCNC(=O)C1CSCCN1. The topological polar surface area (TPSA) is 71.8 Å². The highest BCUT2D eigenvalue weighted by Crippen LogP contribution is 2.07. The number of aromatic nitrogens is 3. The number of nitrogens with zero attached hydrogens (tertiary/aromatic N) is 3. The standard InChI is InChI=1S/C10H17N5OS/c1-15-7-13-14-9(15)2-3-12-10(16)8-6-17-5-4-11-8/h7-8,11H,2-6H2,1H3,(H,12,16). The van der Waals surface area contributed by atoms with Crippen molar-refractivity contribution in [3.8, 4) is 0 Å². The van der Waals surface area contributed by atoms with E-state index in [0.717, 1.165) is 23.9 Å². The highest BCUT2D eigenvalue weighted by atomic mass is 32.2. The third-order valence-corrected chi connectivity index (χ3v) is 3.75. The molecule has 1 aliphatic rings. The van der Waals surface area contributed by atoms with Crippen LogP contribution < -0.4 is 10.6 Å². The molecule has 0 saturated carbocycles. The number of hydrogen-bond donors (Lipinski definition) is 2. The number of thioether (sulfide) groups is 1. The van der Waals surface area contributed by atoms with Gasteiger partial charge >= 0.3 is 0 Å². The highest BCUT2D eigenvalue weighted by molar-refractivity contribution is 7.99. The van der Waals surface area contributed by atoms with E-state index in [1.807, 2.05) is 23.4 Å². The summed E-state index contributed by atoms with van der Waals surface area (Å²) in [5, 5.41) is 13.9. The number of hydrogen-bond acceptors (Lipinski definition) is 5. The molecule has 0 radical (unpaired) electrons. The minimum absolute atomic E-state index is 0.0479. The lowest BCUT2D eigenvalue weighted by atomic mass is 10.3. The van der Waals surface area contributed by atoms with Crippen LogP contribution in [0.4, 0.5) is 0 Å². The first-order chi connectivity index (χ1) is 8.27. The van der Waals surface area contributed by atoms with Crippen LogP contribution in [-0.2, 0) is 18.3 Å². The smallest absolute Gasteiger partial charge is 0.238 e. The van der Waals surface area contributed by atoms with E-state index in [1.165, 1.54) is 0 Å². The van der Waals surface area contributed by atoms with Crippen molar-refractivity contribution in [3.63, 3.8) is 0 Å². The number of rotatable bonds is 4. The van der Waals surface area contributed by atoms with Crippen LogP contribution in [0, 0.1) is 0 Å². The molecule has 0 spiro atoms. The summed E-state index contributed by atoms with van der Waals surface area (Å²) < 4.78 is 1.86. The molecule has 1 aromatic heterocycles. The number of aryl methyl sites for hydroxylation is 1. The Balaban J connectivity index is 1.71. The second-order valence-corrected chi connectivity index (χ2v) is 5.13. The predicted octanol–water partition coefficient (Wildman–Crippen LogP) is -0.821. The fourth-order valence-corrected chi connectivity index (χ4v) is 2.62. The number of amides is 1. The Bertz CT molecular complexity index is 375. The molecule has 94 valence electrons. The Morgan fingerprint density at radius 2 is 2.65 bits per heavy atom. The molecule has 17 heavy (non-hydrogen) atoms. The van der Waals surface area contributed by atoms with Crippen molar-refractivity contribution in [3.05, 3.63) is 12.2 Å².